The monoisotopic (exact) mass is 490 g/mol. The fourth-order valence-electron chi connectivity index (χ4n) is 3.04. The van der Waals surface area contributed by atoms with Crippen molar-refractivity contribution in [3.05, 3.63) is 53.6 Å². The Bertz CT molecular complexity index is 1040. The predicted octanol–water partition coefficient (Wildman–Crippen LogP) is 3.62. The molecule has 9 nitrogen and oxygen atoms in total. The molecule has 0 aromatic heterocycles. The highest BCUT2D eigenvalue weighted by Crippen LogP contribution is 2.29. The van der Waals surface area contributed by atoms with Gasteiger partial charge in [-0.1, -0.05) is 18.2 Å². The molecule has 11 heteroatoms. The average molecular weight is 491 g/mol. The van der Waals surface area contributed by atoms with Crippen LogP contribution in [-0.2, 0) is 31.5 Å². The van der Waals surface area contributed by atoms with Gasteiger partial charge in [-0.15, -0.1) is 11.8 Å². The van der Waals surface area contributed by atoms with Gasteiger partial charge in [-0.2, -0.15) is 5.26 Å². The van der Waals surface area contributed by atoms with Crippen molar-refractivity contribution in [1.82, 2.24) is 0 Å². The van der Waals surface area contributed by atoms with Gasteiger partial charge in [0.25, 0.3) is 0 Å². The molecule has 0 aliphatic rings. The van der Waals surface area contributed by atoms with Crippen LogP contribution in [0.25, 0.3) is 0 Å². The Labute approximate surface area is 199 Å². The Morgan fingerprint density at radius 3 is 2.55 bits per heavy atom. The SMILES string of the molecule is COC(=O)CCc1ccc(N(CC(C)OS(=O)[O-])C(=O)Nc2cccc(C#N)c2SC)cc1. The summed E-state index contributed by atoms with van der Waals surface area (Å²) in [6, 6.07) is 13.6. The fourth-order valence-corrected chi connectivity index (χ4v) is 4.05. The number of hydrogen-bond acceptors (Lipinski definition) is 8. The third-order valence-electron chi connectivity index (χ3n) is 4.60. The first kappa shape index (κ1) is 26.3. The van der Waals surface area contributed by atoms with E-state index in [0.717, 1.165) is 5.56 Å². The third-order valence-corrected chi connectivity index (χ3v) is 5.94. The van der Waals surface area contributed by atoms with Crippen molar-refractivity contribution in [2.75, 3.05) is 30.1 Å². The first-order valence-corrected chi connectivity index (χ1v) is 12.1. The number of amides is 2. The number of ether oxygens (including phenoxy) is 1. The maximum Gasteiger partial charge on any atom is 0.326 e. The number of esters is 1. The first-order valence-electron chi connectivity index (χ1n) is 9.86. The summed E-state index contributed by atoms with van der Waals surface area (Å²) in [5.74, 6) is -0.319. The van der Waals surface area contributed by atoms with E-state index in [1.807, 2.05) is 0 Å². The average Bonchev–Trinajstić information content (AvgIpc) is 2.80. The highest BCUT2D eigenvalue weighted by molar-refractivity contribution is 7.98. The van der Waals surface area contributed by atoms with Crippen molar-refractivity contribution >= 4 is 46.5 Å². The number of carbonyl (C=O) groups excluding carboxylic acids is 2. The van der Waals surface area contributed by atoms with E-state index in [2.05, 4.69) is 16.1 Å². The lowest BCUT2D eigenvalue weighted by Crippen LogP contribution is -2.40. The molecule has 0 bridgehead atoms. The van der Waals surface area contributed by atoms with Gasteiger partial charge in [-0.25, -0.2) is 9.00 Å². The van der Waals surface area contributed by atoms with Crippen LogP contribution in [0.5, 0.6) is 0 Å². The number of benzene rings is 2. The molecule has 2 aromatic carbocycles. The number of carbonyl (C=O) groups is 2. The van der Waals surface area contributed by atoms with Crippen LogP contribution < -0.4 is 10.2 Å². The number of urea groups is 1. The van der Waals surface area contributed by atoms with Crippen molar-refractivity contribution in [2.45, 2.75) is 30.8 Å². The van der Waals surface area contributed by atoms with Crippen LogP contribution in [-0.4, -0.2) is 46.8 Å². The van der Waals surface area contributed by atoms with Gasteiger partial charge < -0.3 is 14.6 Å². The van der Waals surface area contributed by atoms with Crippen LogP contribution in [0.1, 0.15) is 24.5 Å². The molecule has 1 N–H and O–H groups in total. The lowest BCUT2D eigenvalue weighted by atomic mass is 10.1. The normalized spacial score (nSPS) is 12.3. The first-order chi connectivity index (χ1) is 15.8. The quantitative estimate of drug-likeness (QED) is 0.303. The molecule has 0 fully saturated rings. The minimum Gasteiger partial charge on any atom is -0.750 e. The third kappa shape index (κ3) is 7.87. The lowest BCUT2D eigenvalue weighted by Gasteiger charge is -2.27. The van der Waals surface area contributed by atoms with Gasteiger partial charge >= 0.3 is 12.0 Å². The molecule has 0 saturated carbocycles. The van der Waals surface area contributed by atoms with Crippen molar-refractivity contribution in [1.29, 1.82) is 5.26 Å². The van der Waals surface area contributed by atoms with E-state index in [1.165, 1.54) is 30.7 Å². The Morgan fingerprint density at radius 1 is 1.27 bits per heavy atom. The summed E-state index contributed by atoms with van der Waals surface area (Å²) in [5, 5.41) is 12.1. The minimum atomic E-state index is -2.73. The summed E-state index contributed by atoms with van der Waals surface area (Å²) in [5.41, 5.74) is 2.27. The molecule has 0 saturated heterocycles. The summed E-state index contributed by atoms with van der Waals surface area (Å²) in [7, 11) is 1.33. The van der Waals surface area contributed by atoms with E-state index in [4.69, 9.17) is 4.18 Å². The van der Waals surface area contributed by atoms with Gasteiger partial charge in [-0.05, 0) is 49.4 Å². The second-order valence-electron chi connectivity index (χ2n) is 6.89. The van der Waals surface area contributed by atoms with Crippen molar-refractivity contribution in [2.24, 2.45) is 0 Å². The number of hydrogen-bond donors (Lipinski definition) is 1. The van der Waals surface area contributed by atoms with Gasteiger partial charge in [0.05, 0.1) is 42.4 Å². The topological polar surface area (TPSA) is 132 Å². The van der Waals surface area contributed by atoms with Crippen LogP contribution in [0.2, 0.25) is 0 Å². The zero-order valence-electron chi connectivity index (χ0n) is 18.4. The van der Waals surface area contributed by atoms with Crippen molar-refractivity contribution in [3.8, 4) is 6.07 Å². The van der Waals surface area contributed by atoms with Crippen LogP contribution in [0.15, 0.2) is 47.4 Å². The summed E-state index contributed by atoms with van der Waals surface area (Å²) in [6.07, 6.45) is 1.70. The van der Waals surface area contributed by atoms with Gasteiger partial charge in [0.2, 0.25) is 0 Å². The second kappa shape index (κ2) is 13.0. The van der Waals surface area contributed by atoms with Gasteiger partial charge in [0.15, 0.2) is 0 Å². The highest BCUT2D eigenvalue weighted by atomic mass is 32.2. The molecule has 0 aliphatic heterocycles. The number of thioether (sulfide) groups is 1. The molecule has 0 spiro atoms. The molecule has 0 radical (unpaired) electrons. The number of rotatable bonds is 10. The van der Waals surface area contributed by atoms with E-state index in [1.54, 1.807) is 48.7 Å². The molecule has 0 aliphatic carbocycles. The van der Waals surface area contributed by atoms with Crippen LogP contribution in [0, 0.1) is 11.3 Å². The van der Waals surface area contributed by atoms with E-state index in [-0.39, 0.29) is 18.9 Å². The largest absolute Gasteiger partial charge is 0.750 e. The molecule has 2 atom stereocenters. The standard InChI is InChI=1S/C22H25N3O6S2/c1-15(31-33(28)29)14-25(18-10-7-16(8-11-18)9-12-20(26)30-2)22(27)24-19-6-4-5-17(13-23)21(19)32-3/h4-8,10-11,15H,9,12,14H2,1-3H3,(H,24,27)(H,28,29)/p-1. The number of aryl methyl sites for hydroxylation is 1. The number of nitrogens with one attached hydrogen (secondary N) is 1. The molecule has 33 heavy (non-hydrogen) atoms. The van der Waals surface area contributed by atoms with Crippen molar-refractivity contribution < 1.29 is 27.3 Å². The van der Waals surface area contributed by atoms with E-state index in [9.17, 15) is 23.6 Å². The predicted molar refractivity (Wildman–Crippen MR) is 126 cm³/mol. The fraction of sp³-hybridized carbons (Fsp3) is 0.318. The maximum absolute atomic E-state index is 13.2. The Balaban J connectivity index is 2.29. The summed E-state index contributed by atoms with van der Waals surface area (Å²) in [6.45, 7) is 1.48. The second-order valence-corrected chi connectivity index (χ2v) is 8.31. The number of nitriles is 1. The number of anilines is 2. The van der Waals surface area contributed by atoms with Crippen LogP contribution >= 0.6 is 11.8 Å². The minimum absolute atomic E-state index is 0.0478. The van der Waals surface area contributed by atoms with Crippen LogP contribution in [0.3, 0.4) is 0 Å². The molecule has 2 unspecified atom stereocenters. The molecular weight excluding hydrogens is 466 g/mol. The van der Waals surface area contributed by atoms with Crippen molar-refractivity contribution in [3.63, 3.8) is 0 Å². The summed E-state index contributed by atoms with van der Waals surface area (Å²) in [4.78, 5) is 26.5. The van der Waals surface area contributed by atoms with Gasteiger partial charge in [0.1, 0.15) is 6.07 Å². The number of nitrogens with zero attached hydrogens (tertiary/aromatic N) is 2. The molecule has 0 heterocycles. The van der Waals surface area contributed by atoms with Gasteiger partial charge in [0, 0.05) is 17.0 Å². The smallest absolute Gasteiger partial charge is 0.326 e. The molecule has 2 rings (SSSR count). The highest BCUT2D eigenvalue weighted by Gasteiger charge is 2.21. The summed E-state index contributed by atoms with van der Waals surface area (Å²) < 4.78 is 31.3. The van der Waals surface area contributed by atoms with E-state index >= 15 is 0 Å². The van der Waals surface area contributed by atoms with Crippen LogP contribution in [0.4, 0.5) is 16.2 Å². The Kier molecular flexibility index (Phi) is 10.3. The van der Waals surface area contributed by atoms with Gasteiger partial charge in [-0.3, -0.25) is 13.9 Å². The maximum atomic E-state index is 13.2. The molecule has 2 amide bonds. The van der Waals surface area contributed by atoms with E-state index in [0.29, 0.717) is 28.3 Å². The Hall–Kier alpha value is -2.91. The van der Waals surface area contributed by atoms with E-state index < -0.39 is 23.5 Å². The molecule has 2 aromatic rings. The molecular formula is C22H24N3O6S2-. The lowest BCUT2D eigenvalue weighted by molar-refractivity contribution is -0.140. The number of methoxy groups -OCH3 is 1. The zero-order chi connectivity index (χ0) is 24.4. The Morgan fingerprint density at radius 2 is 1.97 bits per heavy atom. The molecule has 176 valence electrons. The summed E-state index contributed by atoms with van der Waals surface area (Å²) >= 11 is -1.40. The zero-order valence-corrected chi connectivity index (χ0v) is 20.0.